The van der Waals surface area contributed by atoms with Crippen LogP contribution in [-0.2, 0) is 21.4 Å². The van der Waals surface area contributed by atoms with Crippen LogP contribution in [0.15, 0.2) is 58.6 Å². The molecule has 172 valence electrons. The Bertz CT molecular complexity index is 1440. The number of rotatable bonds is 7. The van der Waals surface area contributed by atoms with Crippen LogP contribution in [0.5, 0.6) is 0 Å². The third-order valence-electron chi connectivity index (χ3n) is 5.22. The molecule has 11 heteroatoms. The zero-order chi connectivity index (χ0) is 23.8. The predicted octanol–water partition coefficient (Wildman–Crippen LogP) is 3.24. The Morgan fingerprint density at radius 1 is 1.15 bits per heavy atom. The molecule has 0 aliphatic carbocycles. The summed E-state index contributed by atoms with van der Waals surface area (Å²) in [6.07, 6.45) is 0. The van der Waals surface area contributed by atoms with Gasteiger partial charge in [-0.15, -0.1) is 0 Å². The minimum Gasteiger partial charge on any atom is -0.322 e. The number of thioether (sulfide) groups is 1. The molecule has 0 atom stereocenters. The topological polar surface area (TPSA) is 125 Å². The summed E-state index contributed by atoms with van der Waals surface area (Å²) in [6, 6.07) is 14.3. The van der Waals surface area contributed by atoms with Gasteiger partial charge in [0, 0.05) is 6.54 Å². The normalized spacial score (nSPS) is 11.8. The third-order valence-corrected chi connectivity index (χ3v) is 7.11. The highest BCUT2D eigenvalue weighted by Crippen LogP contribution is 2.27. The first kappa shape index (κ1) is 23.0. The van der Waals surface area contributed by atoms with Crippen molar-refractivity contribution < 1.29 is 13.2 Å². The monoisotopic (exact) mass is 484 g/mol. The average molecular weight is 485 g/mol. The number of amides is 1. The Hall–Kier alpha value is -3.15. The van der Waals surface area contributed by atoms with Crippen LogP contribution in [0.1, 0.15) is 18.3 Å². The van der Waals surface area contributed by atoms with E-state index >= 15 is 0 Å². The largest absolute Gasteiger partial charge is 0.322 e. The number of nitrogens with one attached hydrogen (secondary N) is 1. The molecule has 2 aromatic heterocycles. The molecule has 2 aromatic carbocycles. The molecular formula is C22H24N6O3S2. The van der Waals surface area contributed by atoms with E-state index in [1.807, 2.05) is 55.7 Å². The highest BCUT2D eigenvalue weighted by Gasteiger charge is 2.18. The zero-order valence-corrected chi connectivity index (χ0v) is 20.1. The summed E-state index contributed by atoms with van der Waals surface area (Å²) in [7, 11) is -3.82. The first-order chi connectivity index (χ1) is 15.7. The van der Waals surface area contributed by atoms with Crippen molar-refractivity contribution >= 4 is 44.4 Å². The Balaban J connectivity index is 1.52. The molecule has 0 fully saturated rings. The molecule has 0 radical (unpaired) electrons. The molecule has 33 heavy (non-hydrogen) atoms. The summed E-state index contributed by atoms with van der Waals surface area (Å²) in [6.45, 7) is 6.35. The first-order valence-corrected chi connectivity index (χ1v) is 12.8. The molecular weight excluding hydrogens is 460 g/mol. The number of aromatic nitrogens is 4. The highest BCUT2D eigenvalue weighted by molar-refractivity contribution is 7.99. The number of carbonyl (C=O) groups is 1. The molecule has 0 unspecified atom stereocenters. The summed E-state index contributed by atoms with van der Waals surface area (Å²) in [5.74, 6) is -0.0421. The standard InChI is InChI=1S/C22H24N6O3S2/c1-4-27-19-11-10-17(33(23,30)31)12-18(19)24-22(27)32-13-20(29)25-21-14(2)26-28(15(21)3)16-8-6-5-7-9-16/h5-12H,4,13H2,1-3H3,(H,25,29)(H2,23,30,31). The fraction of sp³-hybridized carbons (Fsp3) is 0.227. The lowest BCUT2D eigenvalue weighted by Crippen LogP contribution is -2.15. The SMILES string of the molecule is CCn1c(SCC(=O)Nc2c(C)nn(-c3ccccc3)c2C)nc2cc(S(N)(=O)=O)ccc21. The maximum Gasteiger partial charge on any atom is 0.238 e. The number of fused-ring (bicyclic) bond motifs is 1. The van der Waals surface area contributed by atoms with E-state index in [0.717, 1.165) is 22.6 Å². The third kappa shape index (κ3) is 4.65. The van der Waals surface area contributed by atoms with Crippen molar-refractivity contribution in [2.75, 3.05) is 11.1 Å². The van der Waals surface area contributed by atoms with Gasteiger partial charge in [0.2, 0.25) is 15.9 Å². The van der Waals surface area contributed by atoms with Gasteiger partial charge in [0.15, 0.2) is 5.16 Å². The molecule has 2 heterocycles. The number of benzene rings is 2. The lowest BCUT2D eigenvalue weighted by molar-refractivity contribution is -0.113. The van der Waals surface area contributed by atoms with Gasteiger partial charge < -0.3 is 9.88 Å². The first-order valence-electron chi connectivity index (χ1n) is 10.3. The Morgan fingerprint density at radius 3 is 2.55 bits per heavy atom. The number of carbonyl (C=O) groups excluding carboxylic acids is 1. The van der Waals surface area contributed by atoms with Crippen LogP contribution in [0.25, 0.3) is 16.7 Å². The van der Waals surface area contributed by atoms with Crippen LogP contribution in [0.4, 0.5) is 5.69 Å². The van der Waals surface area contributed by atoms with Crippen LogP contribution in [0, 0.1) is 13.8 Å². The number of aryl methyl sites for hydroxylation is 2. The summed E-state index contributed by atoms with van der Waals surface area (Å²) < 4.78 is 27.0. The van der Waals surface area contributed by atoms with E-state index in [2.05, 4.69) is 15.4 Å². The van der Waals surface area contributed by atoms with Crippen LogP contribution < -0.4 is 10.5 Å². The van der Waals surface area contributed by atoms with E-state index in [1.165, 1.54) is 23.9 Å². The molecule has 4 rings (SSSR count). The van der Waals surface area contributed by atoms with Crippen molar-refractivity contribution in [3.05, 3.63) is 59.9 Å². The molecule has 0 saturated carbocycles. The van der Waals surface area contributed by atoms with Gasteiger partial charge in [-0.1, -0.05) is 30.0 Å². The van der Waals surface area contributed by atoms with Crippen molar-refractivity contribution in [1.82, 2.24) is 19.3 Å². The molecule has 4 aromatic rings. The minimum atomic E-state index is -3.82. The zero-order valence-electron chi connectivity index (χ0n) is 18.4. The van der Waals surface area contributed by atoms with Gasteiger partial charge in [-0.3, -0.25) is 4.79 Å². The summed E-state index contributed by atoms with van der Waals surface area (Å²) >= 11 is 1.28. The lowest BCUT2D eigenvalue weighted by atomic mass is 10.3. The Morgan fingerprint density at radius 2 is 1.88 bits per heavy atom. The van der Waals surface area contributed by atoms with Gasteiger partial charge in [0.25, 0.3) is 0 Å². The molecule has 3 N–H and O–H groups in total. The number of primary sulfonamides is 1. The second-order valence-electron chi connectivity index (χ2n) is 7.46. The van der Waals surface area contributed by atoms with Crippen LogP contribution in [0.3, 0.4) is 0 Å². The van der Waals surface area contributed by atoms with Crippen molar-refractivity contribution in [1.29, 1.82) is 0 Å². The van der Waals surface area contributed by atoms with Gasteiger partial charge in [0.05, 0.1) is 44.4 Å². The maximum atomic E-state index is 12.7. The molecule has 0 aliphatic heterocycles. The van der Waals surface area contributed by atoms with E-state index < -0.39 is 10.0 Å². The quantitative estimate of drug-likeness (QED) is 0.388. The van der Waals surface area contributed by atoms with Crippen molar-refractivity contribution in [2.45, 2.75) is 37.4 Å². The Kier molecular flexibility index (Phi) is 6.28. The van der Waals surface area contributed by atoms with Gasteiger partial charge in [-0.2, -0.15) is 5.10 Å². The lowest BCUT2D eigenvalue weighted by Gasteiger charge is -2.08. The molecule has 0 spiro atoms. The smallest absolute Gasteiger partial charge is 0.238 e. The summed E-state index contributed by atoms with van der Waals surface area (Å²) in [4.78, 5) is 17.3. The van der Waals surface area contributed by atoms with Gasteiger partial charge in [0.1, 0.15) is 0 Å². The molecule has 9 nitrogen and oxygen atoms in total. The van der Waals surface area contributed by atoms with E-state index in [-0.39, 0.29) is 16.6 Å². The van der Waals surface area contributed by atoms with Gasteiger partial charge >= 0.3 is 0 Å². The number of anilines is 1. The minimum absolute atomic E-state index is 0.00595. The van der Waals surface area contributed by atoms with Crippen molar-refractivity contribution in [3.8, 4) is 5.69 Å². The van der Waals surface area contributed by atoms with Gasteiger partial charge in [-0.25, -0.2) is 23.2 Å². The van der Waals surface area contributed by atoms with Gasteiger partial charge in [-0.05, 0) is 51.1 Å². The Labute approximate surface area is 196 Å². The maximum absolute atomic E-state index is 12.7. The average Bonchev–Trinajstić information content (AvgIpc) is 3.28. The summed E-state index contributed by atoms with van der Waals surface area (Å²) in [5, 5.41) is 13.4. The number of sulfonamides is 1. The molecule has 0 aliphatic rings. The van der Waals surface area contributed by atoms with Crippen LogP contribution in [-0.4, -0.2) is 39.4 Å². The molecule has 0 saturated heterocycles. The van der Waals surface area contributed by atoms with E-state index in [0.29, 0.717) is 22.9 Å². The summed E-state index contributed by atoms with van der Waals surface area (Å²) in [5.41, 5.74) is 4.47. The van der Waals surface area contributed by atoms with Crippen molar-refractivity contribution in [2.24, 2.45) is 5.14 Å². The van der Waals surface area contributed by atoms with Crippen molar-refractivity contribution in [3.63, 3.8) is 0 Å². The van der Waals surface area contributed by atoms with E-state index in [4.69, 9.17) is 5.14 Å². The number of nitrogens with zero attached hydrogens (tertiary/aromatic N) is 4. The number of imidazole rings is 1. The van der Waals surface area contributed by atoms with E-state index in [9.17, 15) is 13.2 Å². The van der Waals surface area contributed by atoms with Crippen LogP contribution >= 0.6 is 11.8 Å². The number of hydrogen-bond donors (Lipinski definition) is 2. The van der Waals surface area contributed by atoms with E-state index in [1.54, 1.807) is 10.7 Å². The second-order valence-corrected chi connectivity index (χ2v) is 9.97. The molecule has 1 amide bonds. The number of nitrogens with two attached hydrogens (primary N) is 1. The number of hydrogen-bond acceptors (Lipinski definition) is 6. The highest BCUT2D eigenvalue weighted by atomic mass is 32.2. The predicted molar refractivity (Wildman–Crippen MR) is 129 cm³/mol. The fourth-order valence-electron chi connectivity index (χ4n) is 3.63. The van der Waals surface area contributed by atoms with Crippen LogP contribution in [0.2, 0.25) is 0 Å². The number of para-hydroxylation sites is 1. The fourth-order valence-corrected chi connectivity index (χ4v) is 5.04. The molecule has 0 bridgehead atoms. The second kappa shape index (κ2) is 9.00.